The number of benzene rings is 1. The minimum absolute atomic E-state index is 0.0103. The Balaban J connectivity index is 1.79. The highest BCUT2D eigenvalue weighted by Gasteiger charge is 2.15. The Kier molecular flexibility index (Phi) is 9.78. The van der Waals surface area contributed by atoms with Gasteiger partial charge in [0.1, 0.15) is 5.60 Å². The Bertz CT molecular complexity index is 930. The molecular formula is C24H35N5O3. The summed E-state index contributed by atoms with van der Waals surface area (Å²) in [5.74, 6) is 0.727. The molecule has 0 aliphatic heterocycles. The van der Waals surface area contributed by atoms with E-state index in [0.717, 1.165) is 30.1 Å². The van der Waals surface area contributed by atoms with Crippen molar-refractivity contribution in [3.05, 3.63) is 70.1 Å². The molecule has 3 N–H and O–H groups in total. The number of alkyl carbamates (subject to hydrolysis) is 1. The second-order valence-electron chi connectivity index (χ2n) is 8.39. The lowest BCUT2D eigenvalue weighted by atomic mass is 10.1. The predicted octanol–water partition coefficient (Wildman–Crippen LogP) is 2.87. The molecule has 0 unspecified atom stereocenters. The van der Waals surface area contributed by atoms with E-state index in [9.17, 15) is 9.59 Å². The van der Waals surface area contributed by atoms with Crippen molar-refractivity contribution in [1.29, 1.82) is 0 Å². The topological polar surface area (TPSA) is 96.8 Å². The van der Waals surface area contributed by atoms with Gasteiger partial charge in [-0.2, -0.15) is 0 Å². The molecule has 0 fully saturated rings. The maximum atomic E-state index is 11.8. The molecule has 32 heavy (non-hydrogen) atoms. The zero-order valence-corrected chi connectivity index (χ0v) is 19.5. The number of ether oxygens (including phenoxy) is 1. The summed E-state index contributed by atoms with van der Waals surface area (Å²) in [5.41, 5.74) is 1.64. The highest BCUT2D eigenvalue weighted by atomic mass is 16.6. The lowest BCUT2D eigenvalue weighted by Gasteiger charge is -2.19. The van der Waals surface area contributed by atoms with Gasteiger partial charge >= 0.3 is 6.09 Å². The second-order valence-corrected chi connectivity index (χ2v) is 8.39. The standard InChI is InChI=1S/C24H35N5O3/c1-5-25-22(26-14-8-15-27-23(31)32-24(2,3)4)28-17-19-10-12-20(13-11-19)18-29-16-7-6-9-21(29)30/h6-7,9-13,16H,5,8,14-15,17-18H2,1-4H3,(H,27,31)(H2,25,26,28). The number of rotatable bonds is 9. The van der Waals surface area contributed by atoms with Crippen LogP contribution in [0.25, 0.3) is 0 Å². The number of nitrogens with one attached hydrogen (secondary N) is 3. The van der Waals surface area contributed by atoms with Crippen molar-refractivity contribution in [2.75, 3.05) is 19.6 Å². The van der Waals surface area contributed by atoms with E-state index in [1.165, 1.54) is 0 Å². The van der Waals surface area contributed by atoms with E-state index < -0.39 is 11.7 Å². The van der Waals surface area contributed by atoms with Gasteiger partial charge < -0.3 is 25.3 Å². The fourth-order valence-corrected chi connectivity index (χ4v) is 2.85. The second kappa shape index (κ2) is 12.5. The molecule has 1 heterocycles. The number of carbonyl (C=O) groups excluding carboxylic acids is 1. The number of pyridine rings is 1. The first-order valence-corrected chi connectivity index (χ1v) is 11.0. The molecule has 0 radical (unpaired) electrons. The number of guanidine groups is 1. The maximum absolute atomic E-state index is 11.8. The normalized spacial score (nSPS) is 11.7. The molecule has 0 bridgehead atoms. The number of aliphatic imine (C=N–C) groups is 1. The predicted molar refractivity (Wildman–Crippen MR) is 128 cm³/mol. The van der Waals surface area contributed by atoms with E-state index in [1.807, 2.05) is 58.0 Å². The van der Waals surface area contributed by atoms with Gasteiger partial charge in [-0.15, -0.1) is 0 Å². The number of carbonyl (C=O) groups is 1. The van der Waals surface area contributed by atoms with E-state index in [2.05, 4.69) is 20.9 Å². The average molecular weight is 442 g/mol. The van der Waals surface area contributed by atoms with Gasteiger partial charge in [0, 0.05) is 31.9 Å². The van der Waals surface area contributed by atoms with Crippen LogP contribution >= 0.6 is 0 Å². The molecule has 0 saturated heterocycles. The van der Waals surface area contributed by atoms with Gasteiger partial charge in [0.05, 0.1) is 13.1 Å². The van der Waals surface area contributed by atoms with Crippen LogP contribution < -0.4 is 21.5 Å². The first-order chi connectivity index (χ1) is 15.3. The fourth-order valence-electron chi connectivity index (χ4n) is 2.85. The third-order valence-corrected chi connectivity index (χ3v) is 4.35. The lowest BCUT2D eigenvalue weighted by Crippen LogP contribution is -2.39. The Labute approximate surface area is 190 Å². The van der Waals surface area contributed by atoms with Crippen LogP contribution in [-0.2, 0) is 17.8 Å². The summed E-state index contributed by atoms with van der Waals surface area (Å²) in [7, 11) is 0. The molecule has 0 atom stereocenters. The Hall–Kier alpha value is -3.29. The molecule has 8 heteroatoms. The molecule has 2 rings (SSSR count). The van der Waals surface area contributed by atoms with Gasteiger partial charge in [-0.1, -0.05) is 30.3 Å². The minimum Gasteiger partial charge on any atom is -0.444 e. The number of aromatic nitrogens is 1. The quantitative estimate of drug-likeness (QED) is 0.316. The minimum atomic E-state index is -0.495. The van der Waals surface area contributed by atoms with Gasteiger partial charge in [0.15, 0.2) is 5.96 Å². The monoisotopic (exact) mass is 441 g/mol. The van der Waals surface area contributed by atoms with E-state index in [1.54, 1.807) is 22.9 Å². The SMILES string of the molecule is CCNC(=NCc1ccc(Cn2ccccc2=O)cc1)NCCCNC(=O)OC(C)(C)C. The van der Waals surface area contributed by atoms with Crippen molar-refractivity contribution < 1.29 is 9.53 Å². The summed E-state index contributed by atoms with van der Waals surface area (Å²) in [4.78, 5) is 28.1. The largest absolute Gasteiger partial charge is 0.444 e. The molecule has 174 valence electrons. The molecule has 0 aliphatic carbocycles. The number of hydrogen-bond donors (Lipinski definition) is 3. The molecule has 0 aliphatic rings. The smallest absolute Gasteiger partial charge is 0.407 e. The molecule has 1 aromatic heterocycles. The van der Waals surface area contributed by atoms with Gasteiger partial charge in [0.2, 0.25) is 0 Å². The van der Waals surface area contributed by atoms with Gasteiger partial charge in [-0.3, -0.25) is 4.79 Å². The highest BCUT2D eigenvalue weighted by Crippen LogP contribution is 2.07. The van der Waals surface area contributed by atoms with Crippen LogP contribution in [0, 0.1) is 0 Å². The average Bonchev–Trinajstić information content (AvgIpc) is 2.73. The molecule has 0 saturated carbocycles. The van der Waals surface area contributed by atoms with Crippen molar-refractivity contribution in [3.63, 3.8) is 0 Å². The molecule has 8 nitrogen and oxygen atoms in total. The molecule has 0 spiro atoms. The highest BCUT2D eigenvalue weighted by molar-refractivity contribution is 5.79. The Morgan fingerprint density at radius 2 is 1.69 bits per heavy atom. The van der Waals surface area contributed by atoms with Crippen LogP contribution in [0.1, 0.15) is 45.2 Å². The van der Waals surface area contributed by atoms with E-state index in [-0.39, 0.29) is 5.56 Å². The van der Waals surface area contributed by atoms with Crippen molar-refractivity contribution in [3.8, 4) is 0 Å². The molecule has 1 amide bonds. The van der Waals surface area contributed by atoms with Crippen LogP contribution in [-0.4, -0.2) is 41.9 Å². The summed E-state index contributed by atoms with van der Waals surface area (Å²) in [5, 5.41) is 9.24. The zero-order valence-electron chi connectivity index (χ0n) is 19.5. The molecular weight excluding hydrogens is 406 g/mol. The van der Waals surface area contributed by atoms with E-state index in [0.29, 0.717) is 26.2 Å². The first-order valence-electron chi connectivity index (χ1n) is 11.0. The van der Waals surface area contributed by atoms with Crippen molar-refractivity contribution in [2.24, 2.45) is 4.99 Å². The van der Waals surface area contributed by atoms with Crippen LogP contribution in [0.15, 0.2) is 58.4 Å². The summed E-state index contributed by atoms with van der Waals surface area (Å²) in [6.07, 6.45) is 2.13. The Morgan fingerprint density at radius 1 is 1.00 bits per heavy atom. The summed E-state index contributed by atoms with van der Waals surface area (Å²) in [6.45, 7) is 10.6. The van der Waals surface area contributed by atoms with Crippen LogP contribution in [0.5, 0.6) is 0 Å². The maximum Gasteiger partial charge on any atom is 0.407 e. The zero-order chi connectivity index (χ0) is 23.4. The summed E-state index contributed by atoms with van der Waals surface area (Å²) >= 11 is 0. The van der Waals surface area contributed by atoms with Gasteiger partial charge in [-0.25, -0.2) is 9.79 Å². The van der Waals surface area contributed by atoms with Crippen LogP contribution in [0.2, 0.25) is 0 Å². The third kappa shape index (κ3) is 9.68. The molecule has 2 aromatic rings. The number of nitrogens with zero attached hydrogens (tertiary/aromatic N) is 2. The fraction of sp³-hybridized carbons (Fsp3) is 0.458. The van der Waals surface area contributed by atoms with Crippen molar-refractivity contribution >= 4 is 12.1 Å². The van der Waals surface area contributed by atoms with Crippen molar-refractivity contribution in [1.82, 2.24) is 20.5 Å². The van der Waals surface area contributed by atoms with Crippen LogP contribution in [0.3, 0.4) is 0 Å². The first kappa shape index (κ1) is 25.0. The molecule has 1 aromatic carbocycles. The van der Waals surface area contributed by atoms with E-state index in [4.69, 9.17) is 4.74 Å². The van der Waals surface area contributed by atoms with Crippen LogP contribution in [0.4, 0.5) is 4.79 Å². The number of hydrogen-bond acceptors (Lipinski definition) is 4. The van der Waals surface area contributed by atoms with Crippen molar-refractivity contribution in [2.45, 2.75) is 52.8 Å². The lowest BCUT2D eigenvalue weighted by molar-refractivity contribution is 0.0527. The van der Waals surface area contributed by atoms with Gasteiger partial charge in [0.25, 0.3) is 5.56 Å². The summed E-state index contributed by atoms with van der Waals surface area (Å²) in [6, 6.07) is 13.3. The third-order valence-electron chi connectivity index (χ3n) is 4.35. The Morgan fingerprint density at radius 3 is 2.34 bits per heavy atom. The number of amides is 1. The van der Waals surface area contributed by atoms with Gasteiger partial charge in [-0.05, 0) is 51.3 Å². The summed E-state index contributed by atoms with van der Waals surface area (Å²) < 4.78 is 6.89. The van der Waals surface area contributed by atoms with E-state index >= 15 is 0 Å².